The lowest BCUT2D eigenvalue weighted by molar-refractivity contribution is 0.161. The summed E-state index contributed by atoms with van der Waals surface area (Å²) < 4.78 is 37.7. The number of halogens is 1. The smallest absolute Gasteiger partial charge is 0.244 e. The normalized spacial score (nSPS) is 13.5. The zero-order valence-corrected chi connectivity index (χ0v) is 15.0. The highest BCUT2D eigenvalue weighted by Gasteiger charge is 2.22. The molecule has 8 heteroatoms. The first-order valence-electron chi connectivity index (χ1n) is 6.88. The molecular formula is C13H23BrN2O4S. The SMILES string of the molecule is CCCNCc1cc(S(=O)(=O)NCC(C)COC)c(Br)o1. The van der Waals surface area contributed by atoms with Crippen molar-refractivity contribution in [2.45, 2.75) is 31.7 Å². The number of furan rings is 1. The average molecular weight is 383 g/mol. The number of hydrogen-bond donors (Lipinski definition) is 2. The minimum Gasteiger partial charge on any atom is -0.452 e. The van der Waals surface area contributed by atoms with Gasteiger partial charge in [0.05, 0.1) is 6.54 Å². The molecule has 0 bridgehead atoms. The van der Waals surface area contributed by atoms with E-state index in [9.17, 15) is 8.42 Å². The summed E-state index contributed by atoms with van der Waals surface area (Å²) in [5, 5.41) is 3.16. The molecule has 1 atom stereocenters. The summed E-state index contributed by atoms with van der Waals surface area (Å²) in [6.07, 6.45) is 1.01. The second-order valence-corrected chi connectivity index (χ2v) is 7.40. The van der Waals surface area contributed by atoms with Crippen molar-refractivity contribution >= 4 is 26.0 Å². The van der Waals surface area contributed by atoms with Gasteiger partial charge in [0, 0.05) is 26.3 Å². The van der Waals surface area contributed by atoms with Gasteiger partial charge in [0.25, 0.3) is 0 Å². The van der Waals surface area contributed by atoms with Gasteiger partial charge < -0.3 is 14.5 Å². The van der Waals surface area contributed by atoms with Gasteiger partial charge in [0.15, 0.2) is 4.67 Å². The van der Waals surface area contributed by atoms with Crippen LogP contribution in [0.3, 0.4) is 0 Å². The first-order chi connectivity index (χ1) is 9.90. The number of rotatable bonds is 10. The molecule has 0 spiro atoms. The maximum Gasteiger partial charge on any atom is 0.244 e. The van der Waals surface area contributed by atoms with Gasteiger partial charge in [0.1, 0.15) is 10.7 Å². The predicted octanol–water partition coefficient (Wildman–Crippen LogP) is 2.10. The number of nitrogens with one attached hydrogen (secondary N) is 2. The van der Waals surface area contributed by atoms with Gasteiger partial charge in [-0.3, -0.25) is 0 Å². The second-order valence-electron chi connectivity index (χ2n) is 4.94. The zero-order valence-electron chi connectivity index (χ0n) is 12.6. The fraction of sp³-hybridized carbons (Fsp3) is 0.692. The molecule has 6 nitrogen and oxygen atoms in total. The maximum atomic E-state index is 12.2. The van der Waals surface area contributed by atoms with Crippen molar-refractivity contribution in [1.82, 2.24) is 10.0 Å². The van der Waals surface area contributed by atoms with Crippen LogP contribution in [0.25, 0.3) is 0 Å². The van der Waals surface area contributed by atoms with Gasteiger partial charge in [-0.15, -0.1) is 0 Å². The minimum absolute atomic E-state index is 0.0983. The summed E-state index contributed by atoms with van der Waals surface area (Å²) in [7, 11) is -2.00. The van der Waals surface area contributed by atoms with Crippen LogP contribution in [0.15, 0.2) is 20.0 Å². The van der Waals surface area contributed by atoms with Crippen molar-refractivity contribution in [2.24, 2.45) is 5.92 Å². The fourth-order valence-electron chi connectivity index (χ4n) is 1.73. The molecule has 0 aliphatic heterocycles. The van der Waals surface area contributed by atoms with Crippen molar-refractivity contribution in [3.8, 4) is 0 Å². The maximum absolute atomic E-state index is 12.2. The van der Waals surface area contributed by atoms with E-state index in [2.05, 4.69) is 32.9 Å². The van der Waals surface area contributed by atoms with Crippen molar-refractivity contribution in [2.75, 3.05) is 26.8 Å². The summed E-state index contributed by atoms with van der Waals surface area (Å²) in [6.45, 7) is 6.15. The molecule has 21 heavy (non-hydrogen) atoms. The van der Waals surface area contributed by atoms with Gasteiger partial charge in [-0.1, -0.05) is 13.8 Å². The topological polar surface area (TPSA) is 80.6 Å². The van der Waals surface area contributed by atoms with Crippen LogP contribution in [0.2, 0.25) is 0 Å². The Morgan fingerprint density at radius 2 is 2.19 bits per heavy atom. The van der Waals surface area contributed by atoms with E-state index in [1.165, 1.54) is 6.07 Å². The summed E-state index contributed by atoms with van der Waals surface area (Å²) in [5.41, 5.74) is 0. The van der Waals surface area contributed by atoms with E-state index in [1.54, 1.807) is 7.11 Å². The molecule has 122 valence electrons. The van der Waals surface area contributed by atoms with Crippen molar-refractivity contribution in [3.63, 3.8) is 0 Å². The Kier molecular flexibility index (Phi) is 7.89. The van der Waals surface area contributed by atoms with E-state index < -0.39 is 10.0 Å². The third kappa shape index (κ3) is 6.07. The molecule has 1 rings (SSSR count). The molecule has 1 heterocycles. The fourth-order valence-corrected chi connectivity index (χ4v) is 3.89. The molecule has 2 N–H and O–H groups in total. The lowest BCUT2D eigenvalue weighted by atomic mass is 10.2. The lowest BCUT2D eigenvalue weighted by Gasteiger charge is -2.11. The molecule has 0 radical (unpaired) electrons. The first-order valence-corrected chi connectivity index (χ1v) is 9.15. The van der Waals surface area contributed by atoms with Crippen molar-refractivity contribution in [3.05, 3.63) is 16.5 Å². The Hall–Kier alpha value is -0.410. The highest BCUT2D eigenvalue weighted by Crippen LogP contribution is 2.26. The zero-order chi connectivity index (χ0) is 15.9. The standard InChI is InChI=1S/C13H23BrN2O4S/c1-4-5-15-8-11-6-12(13(14)20-11)21(17,18)16-7-10(2)9-19-3/h6,10,15-16H,4-5,7-9H2,1-3H3. The molecule has 0 fully saturated rings. The van der Waals surface area contributed by atoms with Gasteiger partial charge in [-0.2, -0.15) is 0 Å². The predicted molar refractivity (Wildman–Crippen MR) is 84.6 cm³/mol. The molecular weight excluding hydrogens is 360 g/mol. The van der Waals surface area contributed by atoms with Crippen LogP contribution in [0.4, 0.5) is 0 Å². The van der Waals surface area contributed by atoms with Crippen LogP contribution in [-0.4, -0.2) is 35.2 Å². The molecule has 0 aromatic carbocycles. The number of sulfonamides is 1. The number of ether oxygens (including phenoxy) is 1. The highest BCUT2D eigenvalue weighted by atomic mass is 79.9. The Bertz CT molecular complexity index is 530. The number of hydrogen-bond acceptors (Lipinski definition) is 5. The quantitative estimate of drug-likeness (QED) is 0.605. The second kappa shape index (κ2) is 8.89. The molecule has 0 amide bonds. The van der Waals surface area contributed by atoms with Gasteiger partial charge in [-0.05, 0) is 34.8 Å². The van der Waals surface area contributed by atoms with Crippen LogP contribution >= 0.6 is 15.9 Å². The van der Waals surface area contributed by atoms with Gasteiger partial charge in [-0.25, -0.2) is 13.1 Å². The highest BCUT2D eigenvalue weighted by molar-refractivity contribution is 9.10. The molecule has 1 aromatic rings. The first kappa shape index (κ1) is 18.6. The lowest BCUT2D eigenvalue weighted by Crippen LogP contribution is -2.30. The Balaban J connectivity index is 2.69. The van der Waals surface area contributed by atoms with Crippen molar-refractivity contribution in [1.29, 1.82) is 0 Å². The molecule has 1 unspecified atom stereocenters. The minimum atomic E-state index is -3.59. The van der Waals surface area contributed by atoms with Crippen LogP contribution < -0.4 is 10.0 Å². The Morgan fingerprint density at radius 3 is 2.81 bits per heavy atom. The van der Waals surface area contributed by atoms with E-state index in [4.69, 9.17) is 9.15 Å². The Morgan fingerprint density at radius 1 is 1.48 bits per heavy atom. The van der Waals surface area contributed by atoms with Crippen LogP contribution in [-0.2, 0) is 21.3 Å². The van der Waals surface area contributed by atoms with Crippen LogP contribution in [0.1, 0.15) is 26.0 Å². The van der Waals surface area contributed by atoms with E-state index in [0.717, 1.165) is 13.0 Å². The Labute approximate surface area is 134 Å². The van der Waals surface area contributed by atoms with E-state index >= 15 is 0 Å². The van der Waals surface area contributed by atoms with E-state index in [1.807, 2.05) is 6.92 Å². The molecule has 0 saturated heterocycles. The molecule has 0 aliphatic rings. The summed E-state index contributed by atoms with van der Waals surface area (Å²) in [5.74, 6) is 0.682. The van der Waals surface area contributed by atoms with Crippen LogP contribution in [0.5, 0.6) is 0 Å². The monoisotopic (exact) mass is 382 g/mol. The summed E-state index contributed by atoms with van der Waals surface area (Å²) >= 11 is 3.16. The number of methoxy groups -OCH3 is 1. The van der Waals surface area contributed by atoms with Crippen molar-refractivity contribution < 1.29 is 17.6 Å². The molecule has 1 aromatic heterocycles. The summed E-state index contributed by atoms with van der Waals surface area (Å²) in [4.78, 5) is 0.125. The van der Waals surface area contributed by atoms with Gasteiger partial charge in [0.2, 0.25) is 10.0 Å². The largest absolute Gasteiger partial charge is 0.452 e. The average Bonchev–Trinajstić information content (AvgIpc) is 2.79. The third-order valence-corrected chi connectivity index (χ3v) is 5.08. The van der Waals surface area contributed by atoms with Crippen LogP contribution in [0, 0.1) is 5.92 Å². The third-order valence-electron chi connectivity index (χ3n) is 2.80. The van der Waals surface area contributed by atoms with Gasteiger partial charge >= 0.3 is 0 Å². The summed E-state index contributed by atoms with van der Waals surface area (Å²) in [6, 6.07) is 1.54. The van der Waals surface area contributed by atoms with E-state index in [-0.39, 0.29) is 15.5 Å². The molecule has 0 aliphatic carbocycles. The van der Waals surface area contributed by atoms with E-state index in [0.29, 0.717) is 25.5 Å². The molecule has 0 saturated carbocycles.